The van der Waals surface area contributed by atoms with Crippen molar-refractivity contribution in [3.8, 4) is 0 Å². The average molecular weight is 299 g/mol. The molecule has 2 aromatic rings. The smallest absolute Gasteiger partial charge is 0.128 e. The van der Waals surface area contributed by atoms with Gasteiger partial charge in [-0.15, -0.1) is 0 Å². The van der Waals surface area contributed by atoms with Gasteiger partial charge in [0.1, 0.15) is 5.82 Å². The van der Waals surface area contributed by atoms with Gasteiger partial charge in [0.25, 0.3) is 0 Å². The number of aryl methyl sites for hydroxylation is 1. The molecule has 1 aliphatic rings. The number of hydrogen-bond donors (Lipinski definition) is 0. The minimum Gasteiger partial charge on any atom is -0.363 e. The molecule has 0 bridgehead atoms. The van der Waals surface area contributed by atoms with Crippen molar-refractivity contribution in [3.63, 3.8) is 0 Å². The van der Waals surface area contributed by atoms with E-state index in [-0.39, 0.29) is 0 Å². The maximum absolute atomic E-state index is 4.43. The summed E-state index contributed by atoms with van der Waals surface area (Å²) >= 11 is 0. The molecule has 3 rings (SSSR count). The van der Waals surface area contributed by atoms with Crippen LogP contribution >= 0.6 is 0 Å². The highest BCUT2D eigenvalue weighted by Crippen LogP contribution is 2.34. The lowest BCUT2D eigenvalue weighted by Crippen LogP contribution is -2.23. The molecule has 22 heavy (non-hydrogen) atoms. The van der Waals surface area contributed by atoms with Gasteiger partial charge in [0.2, 0.25) is 0 Å². The molecule has 0 aliphatic carbocycles. The van der Waals surface area contributed by atoms with Gasteiger partial charge < -0.3 is 4.90 Å². The second kappa shape index (κ2) is 6.08. The van der Waals surface area contributed by atoms with Crippen molar-refractivity contribution in [1.82, 2.24) is 19.7 Å². The molecule has 1 unspecified atom stereocenters. The first-order valence-corrected chi connectivity index (χ1v) is 7.91. The lowest BCUT2D eigenvalue weighted by molar-refractivity contribution is 0.248. The number of rotatable bonds is 4. The van der Waals surface area contributed by atoms with E-state index >= 15 is 0 Å². The second-order valence-electron chi connectivity index (χ2n) is 6.35. The molecule has 0 aromatic carbocycles. The highest BCUT2D eigenvalue weighted by atomic mass is 15.3. The van der Waals surface area contributed by atoms with Gasteiger partial charge in [-0.05, 0) is 44.0 Å². The number of hydrogen-bond acceptors (Lipinski definition) is 4. The SMILES string of the molecule is Cc1c(CN2CCCC2c2ccnc(N(C)C)c2)cnn1C. The average Bonchev–Trinajstić information content (AvgIpc) is 3.09. The zero-order valence-corrected chi connectivity index (χ0v) is 14.0. The van der Waals surface area contributed by atoms with Gasteiger partial charge >= 0.3 is 0 Å². The highest BCUT2D eigenvalue weighted by molar-refractivity contribution is 5.40. The zero-order valence-electron chi connectivity index (χ0n) is 14.0. The highest BCUT2D eigenvalue weighted by Gasteiger charge is 2.27. The molecule has 0 spiro atoms. The maximum Gasteiger partial charge on any atom is 0.128 e. The third kappa shape index (κ3) is 2.86. The first kappa shape index (κ1) is 15.0. The molecule has 1 aliphatic heterocycles. The molecule has 3 heterocycles. The van der Waals surface area contributed by atoms with Crippen LogP contribution in [0.5, 0.6) is 0 Å². The Bertz CT molecular complexity index is 646. The summed E-state index contributed by atoms with van der Waals surface area (Å²) in [6.45, 7) is 4.27. The summed E-state index contributed by atoms with van der Waals surface area (Å²) in [6.07, 6.45) is 6.40. The number of anilines is 1. The van der Waals surface area contributed by atoms with Crippen LogP contribution in [0.1, 0.15) is 35.7 Å². The van der Waals surface area contributed by atoms with E-state index in [9.17, 15) is 0 Å². The van der Waals surface area contributed by atoms with Crippen LogP contribution in [-0.4, -0.2) is 40.3 Å². The fourth-order valence-corrected chi connectivity index (χ4v) is 3.20. The third-order valence-corrected chi connectivity index (χ3v) is 4.69. The number of nitrogens with zero attached hydrogens (tertiary/aromatic N) is 5. The van der Waals surface area contributed by atoms with Crippen molar-refractivity contribution in [1.29, 1.82) is 0 Å². The van der Waals surface area contributed by atoms with Crippen LogP contribution in [0.25, 0.3) is 0 Å². The van der Waals surface area contributed by atoms with Crippen molar-refractivity contribution in [3.05, 3.63) is 41.3 Å². The molecule has 0 N–H and O–H groups in total. The summed E-state index contributed by atoms with van der Waals surface area (Å²) in [6, 6.07) is 4.87. The van der Waals surface area contributed by atoms with Crippen LogP contribution in [0, 0.1) is 6.92 Å². The predicted molar refractivity (Wildman–Crippen MR) is 88.9 cm³/mol. The maximum atomic E-state index is 4.43. The molecular weight excluding hydrogens is 274 g/mol. The fraction of sp³-hybridized carbons (Fsp3) is 0.529. The summed E-state index contributed by atoms with van der Waals surface area (Å²) in [5.74, 6) is 1.03. The van der Waals surface area contributed by atoms with Crippen molar-refractivity contribution < 1.29 is 0 Å². The minimum absolute atomic E-state index is 0.487. The van der Waals surface area contributed by atoms with Crippen LogP contribution in [0.15, 0.2) is 24.5 Å². The summed E-state index contributed by atoms with van der Waals surface area (Å²) in [5, 5.41) is 4.37. The van der Waals surface area contributed by atoms with E-state index in [0.29, 0.717) is 6.04 Å². The standard InChI is InChI=1S/C17H25N5/c1-13-15(11-19-21(13)4)12-22-9-5-6-16(22)14-7-8-18-17(10-14)20(2)3/h7-8,10-11,16H,5-6,9,12H2,1-4H3. The quantitative estimate of drug-likeness (QED) is 0.869. The van der Waals surface area contributed by atoms with E-state index in [1.807, 2.05) is 38.2 Å². The Hall–Kier alpha value is -1.88. The first-order valence-electron chi connectivity index (χ1n) is 7.91. The Morgan fingerprint density at radius 1 is 1.36 bits per heavy atom. The number of aromatic nitrogens is 3. The molecule has 1 atom stereocenters. The normalized spacial score (nSPS) is 18.8. The van der Waals surface area contributed by atoms with Crippen LogP contribution in [0.2, 0.25) is 0 Å². The van der Waals surface area contributed by atoms with Crippen LogP contribution in [0.3, 0.4) is 0 Å². The molecule has 118 valence electrons. The van der Waals surface area contributed by atoms with Gasteiger partial charge in [-0.1, -0.05) is 0 Å². The van der Waals surface area contributed by atoms with Gasteiger partial charge in [0.15, 0.2) is 0 Å². The molecule has 2 aromatic heterocycles. The largest absolute Gasteiger partial charge is 0.363 e. The van der Waals surface area contributed by atoms with E-state index in [1.165, 1.54) is 29.7 Å². The molecule has 0 saturated carbocycles. The Morgan fingerprint density at radius 2 is 2.18 bits per heavy atom. The summed E-state index contributed by atoms with van der Waals surface area (Å²) in [5.41, 5.74) is 3.96. The van der Waals surface area contributed by atoms with E-state index in [1.54, 1.807) is 0 Å². The lowest BCUT2D eigenvalue weighted by Gasteiger charge is -2.25. The van der Waals surface area contributed by atoms with Crippen molar-refractivity contribution in [2.24, 2.45) is 7.05 Å². The topological polar surface area (TPSA) is 37.2 Å². The lowest BCUT2D eigenvalue weighted by atomic mass is 10.1. The second-order valence-corrected chi connectivity index (χ2v) is 6.35. The monoisotopic (exact) mass is 299 g/mol. The molecule has 1 fully saturated rings. The van der Waals surface area contributed by atoms with Gasteiger partial charge in [-0.2, -0.15) is 5.10 Å². The van der Waals surface area contributed by atoms with Crippen molar-refractivity contribution in [2.45, 2.75) is 32.4 Å². The Kier molecular flexibility index (Phi) is 4.16. The molecule has 0 radical (unpaired) electrons. The van der Waals surface area contributed by atoms with Crippen LogP contribution in [0.4, 0.5) is 5.82 Å². The van der Waals surface area contributed by atoms with E-state index < -0.39 is 0 Å². The van der Waals surface area contributed by atoms with E-state index in [2.05, 4.69) is 38.9 Å². The summed E-state index contributed by atoms with van der Waals surface area (Å²) in [4.78, 5) is 9.06. The molecule has 5 nitrogen and oxygen atoms in total. The fourth-order valence-electron chi connectivity index (χ4n) is 3.20. The van der Waals surface area contributed by atoms with Gasteiger partial charge in [0.05, 0.1) is 6.20 Å². The van der Waals surface area contributed by atoms with Crippen LogP contribution in [-0.2, 0) is 13.6 Å². The van der Waals surface area contributed by atoms with Crippen molar-refractivity contribution >= 4 is 5.82 Å². The zero-order chi connectivity index (χ0) is 15.7. The predicted octanol–water partition coefficient (Wildman–Crippen LogP) is 2.53. The van der Waals surface area contributed by atoms with Crippen molar-refractivity contribution in [2.75, 3.05) is 25.5 Å². The Labute approximate surface area is 132 Å². The van der Waals surface area contributed by atoms with E-state index in [0.717, 1.165) is 18.9 Å². The number of likely N-dealkylation sites (tertiary alicyclic amines) is 1. The molecular formula is C17H25N5. The first-order chi connectivity index (χ1) is 10.6. The number of pyridine rings is 1. The molecule has 5 heteroatoms. The van der Waals surface area contributed by atoms with E-state index in [4.69, 9.17) is 0 Å². The Balaban J connectivity index is 1.81. The van der Waals surface area contributed by atoms with Gasteiger partial charge in [0, 0.05) is 51.2 Å². The third-order valence-electron chi connectivity index (χ3n) is 4.69. The van der Waals surface area contributed by atoms with Crippen LogP contribution < -0.4 is 4.90 Å². The van der Waals surface area contributed by atoms with Gasteiger partial charge in [-0.3, -0.25) is 9.58 Å². The summed E-state index contributed by atoms with van der Waals surface area (Å²) < 4.78 is 1.96. The van der Waals surface area contributed by atoms with Gasteiger partial charge in [-0.25, -0.2) is 4.98 Å². The molecule has 0 amide bonds. The molecule has 1 saturated heterocycles. The summed E-state index contributed by atoms with van der Waals surface area (Å²) in [7, 11) is 6.08. The Morgan fingerprint density at radius 3 is 2.86 bits per heavy atom. The minimum atomic E-state index is 0.487.